The van der Waals surface area contributed by atoms with Crippen LogP contribution in [0.25, 0.3) is 21.3 Å². The average Bonchev–Trinajstić information content (AvgIpc) is 3.31. The van der Waals surface area contributed by atoms with E-state index in [2.05, 4.69) is 41.4 Å². The number of carboxylic acid groups (broad SMARTS) is 1. The third-order valence-corrected chi connectivity index (χ3v) is 7.72. The maximum Gasteiger partial charge on any atom is 0.335 e. The zero-order valence-corrected chi connectivity index (χ0v) is 22.1. The molecule has 3 aromatic rings. The van der Waals surface area contributed by atoms with E-state index in [-0.39, 0.29) is 42.3 Å². The van der Waals surface area contributed by atoms with Crippen molar-refractivity contribution >= 4 is 56.3 Å². The van der Waals surface area contributed by atoms with Crippen LogP contribution < -0.4 is 11.1 Å². The number of aromatic carboxylic acids is 1. The van der Waals surface area contributed by atoms with Crippen molar-refractivity contribution in [2.24, 2.45) is 16.3 Å². The number of azide groups is 1. The Morgan fingerprint density at radius 2 is 2.05 bits per heavy atom. The van der Waals surface area contributed by atoms with E-state index in [1.807, 2.05) is 0 Å². The van der Waals surface area contributed by atoms with Crippen LogP contribution in [0, 0.1) is 12.3 Å². The van der Waals surface area contributed by atoms with Gasteiger partial charge in [0, 0.05) is 28.3 Å². The molecule has 39 heavy (non-hydrogen) atoms. The van der Waals surface area contributed by atoms with E-state index in [9.17, 15) is 24.3 Å². The normalized spacial score (nSPS) is 21.2. The number of likely N-dealkylation sites (tertiary alicyclic amines) is 1. The fourth-order valence-electron chi connectivity index (χ4n) is 5.26. The topological polar surface area (TPSA) is 209 Å². The minimum atomic E-state index is -1.19. The minimum Gasteiger partial charge on any atom is -0.478 e. The minimum absolute atomic E-state index is 0.0574. The number of primary amides is 1. The average molecular weight is 596 g/mol. The SMILES string of the molecule is Cc1ccc(Br)nc1NC(=O)[C@@H]1C[C@@]2(CN=[N+]=[N-])C[C@H]2N1C(=O)Cn1nc(C(N)=O)c2ccc(C(=O)O)cc21. The van der Waals surface area contributed by atoms with Crippen LogP contribution in [0.5, 0.6) is 0 Å². The first-order chi connectivity index (χ1) is 18.5. The number of hydrogen-bond acceptors (Lipinski definition) is 7. The van der Waals surface area contributed by atoms with Crippen molar-refractivity contribution in [3.63, 3.8) is 0 Å². The fraction of sp³-hybridized carbons (Fsp3) is 0.333. The molecule has 3 heterocycles. The predicted octanol–water partition coefficient (Wildman–Crippen LogP) is 2.61. The monoisotopic (exact) mass is 595 g/mol. The van der Waals surface area contributed by atoms with Gasteiger partial charge in [-0.25, -0.2) is 9.78 Å². The van der Waals surface area contributed by atoms with Gasteiger partial charge >= 0.3 is 5.97 Å². The summed E-state index contributed by atoms with van der Waals surface area (Å²) in [5.74, 6) is -2.59. The molecular formula is C24H22BrN9O5. The summed E-state index contributed by atoms with van der Waals surface area (Å²) >= 11 is 3.29. The van der Waals surface area contributed by atoms with Crippen LogP contribution in [0.1, 0.15) is 39.3 Å². The number of nitrogens with zero attached hydrogens (tertiary/aromatic N) is 7. The number of carbonyl (C=O) groups is 4. The van der Waals surface area contributed by atoms with Gasteiger partial charge in [0.05, 0.1) is 11.1 Å². The molecule has 200 valence electrons. The Kier molecular flexibility index (Phi) is 6.48. The number of piperidine rings is 1. The van der Waals surface area contributed by atoms with Crippen LogP contribution in [0.2, 0.25) is 0 Å². The van der Waals surface area contributed by atoms with Gasteiger partial charge in [0.1, 0.15) is 23.0 Å². The summed E-state index contributed by atoms with van der Waals surface area (Å²) in [6.45, 7) is 1.55. The molecule has 1 aliphatic carbocycles. The highest BCUT2D eigenvalue weighted by Gasteiger charge is 2.66. The Morgan fingerprint density at radius 3 is 2.74 bits per heavy atom. The molecule has 15 heteroatoms. The Bertz CT molecular complexity index is 1610. The smallest absolute Gasteiger partial charge is 0.335 e. The lowest BCUT2D eigenvalue weighted by Crippen LogP contribution is -2.47. The first kappa shape index (κ1) is 26.1. The summed E-state index contributed by atoms with van der Waals surface area (Å²) in [5, 5.41) is 20.4. The van der Waals surface area contributed by atoms with Crippen molar-refractivity contribution in [3.8, 4) is 0 Å². The number of hydrogen-bond donors (Lipinski definition) is 3. The zero-order chi connectivity index (χ0) is 28.1. The number of amides is 3. The van der Waals surface area contributed by atoms with Crippen molar-refractivity contribution < 1.29 is 24.3 Å². The van der Waals surface area contributed by atoms with Gasteiger partial charge in [-0.1, -0.05) is 11.2 Å². The maximum absolute atomic E-state index is 13.7. The molecule has 0 spiro atoms. The van der Waals surface area contributed by atoms with E-state index >= 15 is 0 Å². The molecule has 5 rings (SSSR count). The van der Waals surface area contributed by atoms with Gasteiger partial charge in [0.25, 0.3) is 5.91 Å². The maximum atomic E-state index is 13.7. The summed E-state index contributed by atoms with van der Waals surface area (Å²) in [6, 6.07) is 6.35. The summed E-state index contributed by atoms with van der Waals surface area (Å²) in [6.07, 6.45) is 0.849. The quantitative estimate of drug-likeness (QED) is 0.153. The van der Waals surface area contributed by atoms with Crippen molar-refractivity contribution in [2.45, 2.75) is 38.4 Å². The molecule has 3 atom stereocenters. The molecule has 1 aromatic carbocycles. The number of nitrogens with one attached hydrogen (secondary N) is 1. The fourth-order valence-corrected chi connectivity index (χ4v) is 5.57. The number of nitrogens with two attached hydrogens (primary N) is 1. The molecule has 1 aliphatic heterocycles. The highest BCUT2D eigenvalue weighted by molar-refractivity contribution is 9.10. The van der Waals surface area contributed by atoms with Crippen LogP contribution in [0.4, 0.5) is 5.82 Å². The van der Waals surface area contributed by atoms with E-state index in [4.69, 9.17) is 11.3 Å². The Labute approximate surface area is 228 Å². The van der Waals surface area contributed by atoms with E-state index in [1.54, 1.807) is 19.1 Å². The number of carboxylic acids is 1. The van der Waals surface area contributed by atoms with Crippen molar-refractivity contribution in [3.05, 3.63) is 62.2 Å². The van der Waals surface area contributed by atoms with Crippen LogP contribution in [-0.4, -0.2) is 67.1 Å². The van der Waals surface area contributed by atoms with Crippen LogP contribution in [0.15, 0.2) is 40.0 Å². The Hall–Kier alpha value is -4.49. The number of fused-ring (bicyclic) bond motifs is 2. The molecule has 14 nitrogen and oxygen atoms in total. The summed E-state index contributed by atoms with van der Waals surface area (Å²) in [5.41, 5.74) is 14.6. The van der Waals surface area contributed by atoms with Gasteiger partial charge in [-0.05, 0) is 71.1 Å². The lowest BCUT2D eigenvalue weighted by Gasteiger charge is -2.27. The zero-order valence-electron chi connectivity index (χ0n) is 20.5. The molecule has 2 aliphatic rings. The number of benzene rings is 1. The lowest BCUT2D eigenvalue weighted by molar-refractivity contribution is -0.138. The molecule has 3 amide bonds. The Morgan fingerprint density at radius 1 is 1.28 bits per heavy atom. The van der Waals surface area contributed by atoms with Crippen LogP contribution in [0.3, 0.4) is 0 Å². The third kappa shape index (κ3) is 4.66. The number of aryl methyl sites for hydroxylation is 1. The second kappa shape index (κ2) is 9.67. The number of rotatable bonds is 8. The molecule has 0 radical (unpaired) electrons. The highest BCUT2D eigenvalue weighted by Crippen LogP contribution is 2.60. The molecule has 1 saturated carbocycles. The first-order valence-corrected chi connectivity index (χ1v) is 12.6. The molecule has 0 unspecified atom stereocenters. The number of anilines is 1. The van der Waals surface area contributed by atoms with Crippen LogP contribution >= 0.6 is 15.9 Å². The predicted molar refractivity (Wildman–Crippen MR) is 141 cm³/mol. The van der Waals surface area contributed by atoms with Gasteiger partial charge in [-0.15, -0.1) is 0 Å². The van der Waals surface area contributed by atoms with Crippen molar-refractivity contribution in [1.29, 1.82) is 0 Å². The molecule has 2 aromatic heterocycles. The van der Waals surface area contributed by atoms with Gasteiger partial charge in [0.15, 0.2) is 5.69 Å². The van der Waals surface area contributed by atoms with Gasteiger partial charge in [-0.2, -0.15) is 5.10 Å². The second-order valence-corrected chi connectivity index (χ2v) is 10.5. The van der Waals surface area contributed by atoms with E-state index in [0.29, 0.717) is 22.2 Å². The molecule has 4 N–H and O–H groups in total. The van der Waals surface area contributed by atoms with Crippen molar-refractivity contribution in [1.82, 2.24) is 19.7 Å². The number of pyridine rings is 1. The van der Waals surface area contributed by atoms with Crippen LogP contribution in [-0.2, 0) is 16.1 Å². The lowest BCUT2D eigenvalue weighted by atomic mass is 9.99. The highest BCUT2D eigenvalue weighted by atomic mass is 79.9. The Balaban J connectivity index is 1.48. The summed E-state index contributed by atoms with van der Waals surface area (Å²) < 4.78 is 1.75. The third-order valence-electron chi connectivity index (χ3n) is 7.28. The van der Waals surface area contributed by atoms with E-state index in [1.165, 1.54) is 27.8 Å². The van der Waals surface area contributed by atoms with Gasteiger partial charge < -0.3 is 21.1 Å². The van der Waals surface area contributed by atoms with E-state index < -0.39 is 35.1 Å². The molecule has 2 fully saturated rings. The molecule has 1 saturated heterocycles. The largest absolute Gasteiger partial charge is 0.478 e. The second-order valence-electron chi connectivity index (χ2n) is 9.69. The summed E-state index contributed by atoms with van der Waals surface area (Å²) in [7, 11) is 0. The summed E-state index contributed by atoms with van der Waals surface area (Å²) in [4.78, 5) is 59.3. The van der Waals surface area contributed by atoms with Gasteiger partial charge in [0.2, 0.25) is 11.8 Å². The van der Waals surface area contributed by atoms with E-state index in [0.717, 1.165) is 5.56 Å². The molecule has 0 bridgehead atoms. The first-order valence-electron chi connectivity index (χ1n) is 11.8. The van der Waals surface area contributed by atoms with Gasteiger partial charge in [-0.3, -0.25) is 19.1 Å². The number of carbonyl (C=O) groups excluding carboxylic acids is 3. The molecular weight excluding hydrogens is 574 g/mol. The number of aromatic nitrogens is 3. The standard InChI is InChI=1S/C24H22BrN9O5/c1-11-2-5-17(25)29-21(11)30-22(37)15-7-24(10-28-32-27)8-16(24)34(15)18(35)9-33-14-6-12(23(38)39)3-4-13(14)19(31-33)20(26)36/h2-6,15-16H,7-10H2,1H3,(H2,26,36)(H,38,39)(H,29,30,37)/t15-,16+,24-/m0/s1. The van der Waals surface area contributed by atoms with Crippen molar-refractivity contribution in [2.75, 3.05) is 11.9 Å². The number of halogens is 1.